The van der Waals surface area contributed by atoms with Crippen molar-refractivity contribution in [2.45, 2.75) is 71.1 Å². The van der Waals surface area contributed by atoms with Crippen LogP contribution in [0.15, 0.2) is 24.3 Å². The number of ether oxygens (including phenoxy) is 1. The average Bonchev–Trinajstić information content (AvgIpc) is 3.00. The largest absolute Gasteiger partial charge is 0.494 e. The maximum Gasteiger partial charge on any atom is 0.229 e. The first-order chi connectivity index (χ1) is 12.3. The molecule has 0 atom stereocenters. The van der Waals surface area contributed by atoms with Crippen LogP contribution in [0.5, 0.6) is 5.75 Å². The smallest absolute Gasteiger partial charge is 0.229 e. The van der Waals surface area contributed by atoms with Crippen molar-refractivity contribution in [3.8, 4) is 5.75 Å². The van der Waals surface area contributed by atoms with E-state index >= 15 is 0 Å². The number of hydrogen-bond donors (Lipinski definition) is 0. The van der Waals surface area contributed by atoms with Crippen molar-refractivity contribution in [3.63, 3.8) is 0 Å². The minimum Gasteiger partial charge on any atom is -0.494 e. The quantitative estimate of drug-likeness (QED) is 0.577. The van der Waals surface area contributed by atoms with Crippen LogP contribution < -0.4 is 4.74 Å². The summed E-state index contributed by atoms with van der Waals surface area (Å²) in [5, 5.41) is 0. The Morgan fingerprint density at radius 2 is 1.73 bits per heavy atom. The average molecular weight is 357 g/mol. The Morgan fingerprint density at radius 1 is 1.08 bits per heavy atom. The highest BCUT2D eigenvalue weighted by atomic mass is 16.5. The van der Waals surface area contributed by atoms with Crippen molar-refractivity contribution in [2.75, 3.05) is 13.2 Å². The Kier molecular flexibility index (Phi) is 5.40. The van der Waals surface area contributed by atoms with E-state index in [-0.39, 0.29) is 22.6 Å². The van der Waals surface area contributed by atoms with E-state index in [2.05, 4.69) is 32.9 Å². The maximum atomic E-state index is 12.4. The van der Waals surface area contributed by atoms with Crippen LogP contribution in [0.3, 0.4) is 0 Å². The number of amides is 2. The van der Waals surface area contributed by atoms with Crippen LogP contribution >= 0.6 is 0 Å². The van der Waals surface area contributed by atoms with E-state index in [0.717, 1.165) is 31.4 Å². The van der Waals surface area contributed by atoms with E-state index in [4.69, 9.17) is 4.74 Å². The van der Waals surface area contributed by atoms with Gasteiger partial charge in [0, 0.05) is 19.4 Å². The Bertz CT molecular complexity index is 648. The molecule has 2 amide bonds. The van der Waals surface area contributed by atoms with Gasteiger partial charge in [0.2, 0.25) is 11.8 Å². The van der Waals surface area contributed by atoms with Crippen molar-refractivity contribution in [2.24, 2.45) is 5.41 Å². The normalized spacial score (nSPS) is 20.0. The molecule has 0 aromatic heterocycles. The molecule has 1 aliphatic carbocycles. The molecular weight excluding hydrogens is 326 g/mol. The molecule has 0 bridgehead atoms. The van der Waals surface area contributed by atoms with E-state index in [9.17, 15) is 9.59 Å². The molecule has 1 heterocycles. The summed E-state index contributed by atoms with van der Waals surface area (Å²) in [4.78, 5) is 26.4. The van der Waals surface area contributed by atoms with Crippen LogP contribution in [0.25, 0.3) is 0 Å². The van der Waals surface area contributed by atoms with Crippen LogP contribution in [0.1, 0.15) is 71.3 Å². The van der Waals surface area contributed by atoms with E-state index in [0.29, 0.717) is 32.4 Å². The van der Waals surface area contributed by atoms with Gasteiger partial charge in [-0.1, -0.05) is 45.7 Å². The fourth-order valence-electron chi connectivity index (χ4n) is 4.23. The molecule has 1 spiro atoms. The summed E-state index contributed by atoms with van der Waals surface area (Å²) in [6.07, 6.45) is 6.14. The van der Waals surface area contributed by atoms with Gasteiger partial charge in [-0.25, -0.2) is 0 Å². The molecule has 2 fully saturated rings. The zero-order chi connectivity index (χ0) is 18.8. The molecule has 1 aliphatic heterocycles. The summed E-state index contributed by atoms with van der Waals surface area (Å²) in [5.41, 5.74) is 1.30. The van der Waals surface area contributed by atoms with Crippen LogP contribution in [-0.2, 0) is 15.0 Å². The van der Waals surface area contributed by atoms with Crippen molar-refractivity contribution < 1.29 is 14.3 Å². The van der Waals surface area contributed by atoms with Crippen molar-refractivity contribution >= 4 is 11.8 Å². The lowest BCUT2D eigenvalue weighted by molar-refractivity contribution is -0.153. The topological polar surface area (TPSA) is 46.6 Å². The number of likely N-dealkylation sites (tertiary alicyclic amines) is 1. The minimum atomic E-state index is -0.0193. The second kappa shape index (κ2) is 7.42. The zero-order valence-electron chi connectivity index (χ0n) is 16.3. The number of rotatable bonds is 5. The fraction of sp³-hybridized carbons (Fsp3) is 0.636. The molecule has 4 heteroatoms. The number of imide groups is 1. The molecule has 0 radical (unpaired) electrons. The lowest BCUT2D eigenvalue weighted by Gasteiger charge is -2.37. The second-order valence-corrected chi connectivity index (χ2v) is 8.98. The van der Waals surface area contributed by atoms with Gasteiger partial charge in [0.05, 0.1) is 6.61 Å². The molecule has 0 unspecified atom stereocenters. The lowest BCUT2D eigenvalue weighted by Crippen LogP contribution is -2.47. The van der Waals surface area contributed by atoms with Gasteiger partial charge in [-0.15, -0.1) is 0 Å². The predicted octanol–water partition coefficient (Wildman–Crippen LogP) is 4.46. The van der Waals surface area contributed by atoms with Gasteiger partial charge in [0.25, 0.3) is 0 Å². The first-order valence-electron chi connectivity index (χ1n) is 9.86. The summed E-state index contributed by atoms with van der Waals surface area (Å²) in [6, 6.07) is 8.14. The van der Waals surface area contributed by atoms with Gasteiger partial charge < -0.3 is 4.74 Å². The minimum absolute atomic E-state index is 0.0119. The van der Waals surface area contributed by atoms with Crippen LogP contribution in [0.2, 0.25) is 0 Å². The summed E-state index contributed by atoms with van der Waals surface area (Å²) < 4.78 is 5.85. The van der Waals surface area contributed by atoms with Crippen LogP contribution in [-0.4, -0.2) is 29.9 Å². The standard InChI is InChI=1S/C22H31NO3/c1-21(2,3)17-8-6-9-18(14-17)26-13-7-12-23-19(24)15-22(16-20(23)25)10-4-5-11-22/h6,8-9,14H,4-5,7,10-13,15-16H2,1-3H3. The van der Waals surface area contributed by atoms with Crippen molar-refractivity contribution in [1.29, 1.82) is 0 Å². The van der Waals surface area contributed by atoms with Gasteiger partial charge in [-0.2, -0.15) is 0 Å². The van der Waals surface area contributed by atoms with E-state index in [1.807, 2.05) is 12.1 Å². The highest BCUT2D eigenvalue weighted by Gasteiger charge is 2.44. The van der Waals surface area contributed by atoms with E-state index < -0.39 is 0 Å². The van der Waals surface area contributed by atoms with Gasteiger partial charge in [0.1, 0.15) is 5.75 Å². The third-order valence-electron chi connectivity index (χ3n) is 5.81. The Morgan fingerprint density at radius 3 is 2.35 bits per heavy atom. The van der Waals surface area contributed by atoms with Gasteiger partial charge in [-0.05, 0) is 47.8 Å². The number of nitrogens with zero attached hydrogens (tertiary/aromatic N) is 1. The zero-order valence-corrected chi connectivity index (χ0v) is 16.3. The monoisotopic (exact) mass is 357 g/mol. The summed E-state index contributed by atoms with van der Waals surface area (Å²) in [6.45, 7) is 7.51. The van der Waals surface area contributed by atoms with E-state index in [1.165, 1.54) is 10.5 Å². The van der Waals surface area contributed by atoms with Crippen LogP contribution in [0.4, 0.5) is 0 Å². The molecule has 1 saturated heterocycles. The second-order valence-electron chi connectivity index (χ2n) is 8.98. The Hall–Kier alpha value is -1.84. The predicted molar refractivity (Wildman–Crippen MR) is 102 cm³/mol. The van der Waals surface area contributed by atoms with E-state index in [1.54, 1.807) is 0 Å². The Balaban J connectivity index is 1.48. The van der Waals surface area contributed by atoms with Gasteiger partial charge in [-0.3, -0.25) is 14.5 Å². The first kappa shape index (κ1) is 18.9. The fourth-order valence-corrected chi connectivity index (χ4v) is 4.23. The first-order valence-corrected chi connectivity index (χ1v) is 9.86. The maximum absolute atomic E-state index is 12.4. The highest BCUT2D eigenvalue weighted by Crippen LogP contribution is 2.46. The number of carbonyl (C=O) groups excluding carboxylic acids is 2. The molecule has 2 aliphatic rings. The van der Waals surface area contributed by atoms with Crippen molar-refractivity contribution in [1.82, 2.24) is 4.90 Å². The van der Waals surface area contributed by atoms with Gasteiger partial charge in [0.15, 0.2) is 0 Å². The number of hydrogen-bond acceptors (Lipinski definition) is 3. The molecule has 0 N–H and O–H groups in total. The molecular formula is C22H31NO3. The summed E-state index contributed by atoms with van der Waals surface area (Å²) >= 11 is 0. The van der Waals surface area contributed by atoms with Crippen LogP contribution in [0, 0.1) is 5.41 Å². The third kappa shape index (κ3) is 4.28. The Labute approximate surface area is 156 Å². The molecule has 1 aromatic carbocycles. The summed E-state index contributed by atoms with van der Waals surface area (Å²) in [7, 11) is 0. The molecule has 1 saturated carbocycles. The molecule has 26 heavy (non-hydrogen) atoms. The lowest BCUT2D eigenvalue weighted by atomic mass is 9.76. The third-order valence-corrected chi connectivity index (χ3v) is 5.81. The summed E-state index contributed by atoms with van der Waals surface area (Å²) in [5.74, 6) is 0.870. The SMILES string of the molecule is CC(C)(C)c1cccc(OCCCN2C(=O)CC3(CCCC3)CC2=O)c1. The molecule has 4 nitrogen and oxygen atoms in total. The van der Waals surface area contributed by atoms with Gasteiger partial charge >= 0.3 is 0 Å². The number of benzene rings is 1. The number of carbonyl (C=O) groups is 2. The molecule has 142 valence electrons. The molecule has 3 rings (SSSR count). The van der Waals surface area contributed by atoms with Crippen molar-refractivity contribution in [3.05, 3.63) is 29.8 Å². The highest BCUT2D eigenvalue weighted by molar-refractivity contribution is 5.98. The molecule has 1 aromatic rings. The number of piperidine rings is 1.